The number of anilines is 1. The summed E-state index contributed by atoms with van der Waals surface area (Å²) in [5, 5.41) is 7.76. The maximum Gasteiger partial charge on any atom is 0.0320 e. The zero-order chi connectivity index (χ0) is 29.9. The third kappa shape index (κ3) is 3.30. The molecule has 0 radical (unpaired) electrons. The Bertz CT molecular complexity index is 2450. The first-order valence-corrected chi connectivity index (χ1v) is 15.6. The molecule has 0 aromatic heterocycles. The molecule has 0 unspecified atom stereocenters. The van der Waals surface area contributed by atoms with E-state index in [0.29, 0.717) is 0 Å². The quantitative estimate of drug-likeness (QED) is 0.164. The van der Waals surface area contributed by atoms with E-state index in [-0.39, 0.29) is 0 Å². The molecule has 0 saturated carbocycles. The summed E-state index contributed by atoms with van der Waals surface area (Å²) in [6.45, 7) is 8.86. The Morgan fingerprint density at radius 2 is 1.34 bits per heavy atom. The summed E-state index contributed by atoms with van der Waals surface area (Å²) in [5.41, 5.74) is 26.2. The van der Waals surface area contributed by atoms with Crippen LogP contribution in [0.15, 0.2) is 97.1 Å². The molecular formula is C43H33N. The summed E-state index contributed by atoms with van der Waals surface area (Å²) in [5.74, 6) is 0. The maximum absolute atomic E-state index is 6.51. The van der Waals surface area contributed by atoms with E-state index >= 15 is 0 Å². The lowest BCUT2D eigenvalue weighted by Gasteiger charge is -2.18. The Labute approximate surface area is 258 Å². The predicted molar refractivity (Wildman–Crippen MR) is 190 cm³/mol. The fourth-order valence-electron chi connectivity index (χ4n) is 8.37. The number of rotatable bonds is 2. The van der Waals surface area contributed by atoms with Crippen LogP contribution >= 0.6 is 0 Å². The molecule has 0 spiro atoms. The highest BCUT2D eigenvalue weighted by Crippen LogP contribution is 2.54. The number of nitrogens with two attached hydrogens (primary N) is 1. The molecule has 210 valence electrons. The van der Waals surface area contributed by atoms with Crippen LogP contribution in [0.25, 0.3) is 82.9 Å². The van der Waals surface area contributed by atoms with Gasteiger partial charge >= 0.3 is 0 Å². The van der Waals surface area contributed by atoms with Crippen molar-refractivity contribution in [2.45, 2.75) is 34.1 Å². The molecule has 1 heteroatoms. The van der Waals surface area contributed by atoms with Crippen LogP contribution in [-0.2, 0) is 6.42 Å². The smallest absolute Gasteiger partial charge is 0.0320 e. The topological polar surface area (TPSA) is 26.0 Å². The van der Waals surface area contributed by atoms with Gasteiger partial charge in [0.2, 0.25) is 0 Å². The molecule has 0 aliphatic heterocycles. The van der Waals surface area contributed by atoms with Gasteiger partial charge < -0.3 is 5.73 Å². The van der Waals surface area contributed by atoms with Crippen molar-refractivity contribution in [3.63, 3.8) is 0 Å². The van der Waals surface area contributed by atoms with Crippen molar-refractivity contribution in [1.82, 2.24) is 0 Å². The molecular weight excluding hydrogens is 530 g/mol. The van der Waals surface area contributed by atoms with Crippen LogP contribution in [0.3, 0.4) is 0 Å². The predicted octanol–water partition coefficient (Wildman–Crippen LogP) is 11.6. The molecule has 0 saturated heterocycles. The zero-order valence-electron chi connectivity index (χ0n) is 25.6. The van der Waals surface area contributed by atoms with Crippen molar-refractivity contribution in [3.05, 3.63) is 130 Å². The Morgan fingerprint density at radius 3 is 2.20 bits per heavy atom. The third-order valence-electron chi connectivity index (χ3n) is 10.1. The van der Waals surface area contributed by atoms with Gasteiger partial charge in [-0.1, -0.05) is 84.4 Å². The van der Waals surface area contributed by atoms with Gasteiger partial charge in [0, 0.05) is 5.69 Å². The lowest BCUT2D eigenvalue weighted by Crippen LogP contribution is -1.95. The fraction of sp³-hybridized carbons (Fsp3) is 0.116. The number of hydrogen-bond acceptors (Lipinski definition) is 1. The molecule has 2 aliphatic rings. The standard InChI is InChI=1S/C43H33N/c1-5-8-29-31(16-15-30-28-10-7-6-9-26(28)19-34(29)30)36-21-38-33-13-11-24(3)42-41-25(4)17-23(2)18-39(41)40(43(33)42)22-37(38)32-14-12-27(44)20-35(32)36/h5-18,20-22H,19,44H2,1-4H3/b8-5-. The maximum atomic E-state index is 6.51. The van der Waals surface area contributed by atoms with E-state index in [1.54, 1.807) is 0 Å². The van der Waals surface area contributed by atoms with Crippen LogP contribution in [0, 0.1) is 20.8 Å². The summed E-state index contributed by atoms with van der Waals surface area (Å²) in [4.78, 5) is 0. The van der Waals surface area contributed by atoms with Gasteiger partial charge in [-0.25, -0.2) is 0 Å². The molecule has 0 heterocycles. The van der Waals surface area contributed by atoms with Crippen molar-refractivity contribution in [2.75, 3.05) is 5.73 Å². The Balaban J connectivity index is 1.42. The highest BCUT2D eigenvalue weighted by atomic mass is 14.5. The van der Waals surface area contributed by atoms with Gasteiger partial charge in [0.1, 0.15) is 0 Å². The van der Waals surface area contributed by atoms with Gasteiger partial charge in [-0.3, -0.25) is 0 Å². The zero-order valence-corrected chi connectivity index (χ0v) is 25.6. The van der Waals surface area contributed by atoms with Crippen LogP contribution in [0.1, 0.15) is 40.3 Å². The molecule has 44 heavy (non-hydrogen) atoms. The van der Waals surface area contributed by atoms with Crippen LogP contribution < -0.4 is 5.73 Å². The first-order chi connectivity index (χ1) is 21.4. The van der Waals surface area contributed by atoms with Crippen LogP contribution in [0.4, 0.5) is 5.69 Å². The SMILES string of the molecule is C/C=C\c1c(-c2cc3c4ccc(C)c5c4c(cc3c3ccc(N)cc23)-c2cc(C)cc(C)c2-5)ccc2c1Cc1ccccc1-2. The second-order valence-electron chi connectivity index (χ2n) is 12.8. The second kappa shape index (κ2) is 8.94. The molecule has 7 aromatic rings. The van der Waals surface area contributed by atoms with Gasteiger partial charge in [0.15, 0.2) is 0 Å². The molecule has 2 N–H and O–H groups in total. The van der Waals surface area contributed by atoms with Crippen molar-refractivity contribution in [2.24, 2.45) is 0 Å². The molecule has 0 atom stereocenters. The van der Waals surface area contributed by atoms with Gasteiger partial charge in [-0.15, -0.1) is 0 Å². The normalized spacial score (nSPS) is 12.9. The van der Waals surface area contributed by atoms with Gasteiger partial charge in [0.25, 0.3) is 0 Å². The monoisotopic (exact) mass is 563 g/mol. The van der Waals surface area contributed by atoms with Gasteiger partial charge in [-0.05, 0) is 163 Å². The van der Waals surface area contributed by atoms with E-state index in [0.717, 1.165) is 12.1 Å². The van der Waals surface area contributed by atoms with E-state index in [4.69, 9.17) is 5.73 Å². The number of aryl methyl sites for hydroxylation is 3. The summed E-state index contributed by atoms with van der Waals surface area (Å²) >= 11 is 0. The molecule has 7 aromatic carbocycles. The highest BCUT2D eigenvalue weighted by molar-refractivity contribution is 6.29. The Hall–Kier alpha value is -5.14. The molecule has 0 fully saturated rings. The molecule has 2 aliphatic carbocycles. The molecule has 9 rings (SSSR count). The van der Waals surface area contributed by atoms with Crippen molar-refractivity contribution in [3.8, 4) is 44.5 Å². The first-order valence-electron chi connectivity index (χ1n) is 15.6. The van der Waals surface area contributed by atoms with Crippen LogP contribution in [0.5, 0.6) is 0 Å². The van der Waals surface area contributed by atoms with Gasteiger partial charge in [0.05, 0.1) is 0 Å². The van der Waals surface area contributed by atoms with Crippen molar-refractivity contribution in [1.29, 1.82) is 0 Å². The minimum absolute atomic E-state index is 0.791. The summed E-state index contributed by atoms with van der Waals surface area (Å²) in [7, 11) is 0. The number of nitrogen functional groups attached to an aromatic ring is 1. The minimum atomic E-state index is 0.791. The summed E-state index contributed by atoms with van der Waals surface area (Å²) in [6.07, 6.45) is 5.44. The van der Waals surface area contributed by atoms with E-state index < -0.39 is 0 Å². The van der Waals surface area contributed by atoms with E-state index in [1.165, 1.54) is 110 Å². The van der Waals surface area contributed by atoms with Crippen molar-refractivity contribution >= 4 is 44.1 Å². The lowest BCUT2D eigenvalue weighted by molar-refractivity contribution is 1.25. The molecule has 0 bridgehead atoms. The van der Waals surface area contributed by atoms with Crippen molar-refractivity contribution < 1.29 is 0 Å². The summed E-state index contributed by atoms with van der Waals surface area (Å²) < 4.78 is 0. The minimum Gasteiger partial charge on any atom is -0.399 e. The van der Waals surface area contributed by atoms with Gasteiger partial charge in [-0.2, -0.15) is 0 Å². The first kappa shape index (κ1) is 25.4. The average Bonchev–Trinajstić information content (AvgIpc) is 3.56. The Morgan fingerprint density at radius 1 is 0.568 bits per heavy atom. The largest absolute Gasteiger partial charge is 0.399 e. The fourth-order valence-corrected chi connectivity index (χ4v) is 8.37. The number of fused-ring (bicyclic) bond motifs is 10. The van der Waals surface area contributed by atoms with E-state index in [9.17, 15) is 0 Å². The lowest BCUT2D eigenvalue weighted by atomic mass is 9.85. The number of benzene rings is 7. The highest BCUT2D eigenvalue weighted by Gasteiger charge is 2.28. The Kier molecular flexibility index (Phi) is 5.15. The number of allylic oxidation sites excluding steroid dienone is 1. The number of hydrogen-bond donors (Lipinski definition) is 1. The average molecular weight is 564 g/mol. The molecule has 0 amide bonds. The summed E-state index contributed by atoms with van der Waals surface area (Å²) in [6, 6.07) is 34.3. The van der Waals surface area contributed by atoms with Crippen LogP contribution in [-0.4, -0.2) is 0 Å². The van der Waals surface area contributed by atoms with Crippen LogP contribution in [0.2, 0.25) is 0 Å². The van der Waals surface area contributed by atoms with E-state index in [1.807, 2.05) is 0 Å². The van der Waals surface area contributed by atoms with E-state index in [2.05, 4.69) is 131 Å². The third-order valence-corrected chi connectivity index (χ3v) is 10.1. The molecule has 1 nitrogen and oxygen atoms in total. The second-order valence-corrected chi connectivity index (χ2v) is 12.8.